The van der Waals surface area contributed by atoms with Gasteiger partial charge in [0.05, 0.1) is 12.7 Å². The summed E-state index contributed by atoms with van der Waals surface area (Å²) in [5.41, 5.74) is 1.53. The Kier molecular flexibility index (Phi) is 4.97. The molecule has 0 amide bonds. The zero-order chi connectivity index (χ0) is 15.2. The van der Waals surface area contributed by atoms with Gasteiger partial charge in [-0.05, 0) is 35.3 Å². The van der Waals surface area contributed by atoms with E-state index in [1.807, 2.05) is 24.3 Å². The predicted octanol–water partition coefficient (Wildman–Crippen LogP) is 0.766. The molecule has 5 nitrogen and oxygen atoms in total. The molecule has 0 unspecified atom stereocenters. The van der Waals surface area contributed by atoms with Gasteiger partial charge in [-0.3, -0.25) is 4.79 Å². The van der Waals surface area contributed by atoms with Crippen molar-refractivity contribution in [3.63, 3.8) is 0 Å². The Labute approximate surface area is 122 Å². The van der Waals surface area contributed by atoms with Gasteiger partial charge >= 0.3 is 7.12 Å². The van der Waals surface area contributed by atoms with Crippen LogP contribution in [0.5, 0.6) is 11.5 Å². The van der Waals surface area contributed by atoms with E-state index in [4.69, 9.17) is 19.5 Å². The smallest absolute Gasteiger partial charge is 0.488 e. The van der Waals surface area contributed by atoms with E-state index in [9.17, 15) is 4.79 Å². The molecular weight excluding hydrogens is 271 g/mol. The van der Waals surface area contributed by atoms with E-state index in [0.29, 0.717) is 17.6 Å². The molecule has 0 fully saturated rings. The third-order valence-electron chi connectivity index (χ3n) is 3.02. The average molecular weight is 286 g/mol. The molecule has 2 N–H and O–H groups in total. The van der Waals surface area contributed by atoms with Crippen LogP contribution in [0.1, 0.15) is 15.9 Å². The quantitative estimate of drug-likeness (QED) is 0.606. The standard InChI is InChI=1S/C15H15BO5/c1-20-14-6-2-11(3-7-14)10-21-15-8-13(16(18)19)5-4-12(15)9-17/h2-9,18-19H,10H2,1H3. The van der Waals surface area contributed by atoms with E-state index < -0.39 is 7.12 Å². The highest BCUT2D eigenvalue weighted by Gasteiger charge is 2.14. The van der Waals surface area contributed by atoms with Crippen LogP contribution in [0.15, 0.2) is 42.5 Å². The van der Waals surface area contributed by atoms with Gasteiger partial charge in [0.1, 0.15) is 18.1 Å². The number of benzene rings is 2. The maximum atomic E-state index is 11.0. The molecule has 0 radical (unpaired) electrons. The Morgan fingerprint density at radius 2 is 1.86 bits per heavy atom. The van der Waals surface area contributed by atoms with Gasteiger partial charge in [0, 0.05) is 0 Å². The van der Waals surface area contributed by atoms with Gasteiger partial charge < -0.3 is 19.5 Å². The third-order valence-corrected chi connectivity index (χ3v) is 3.02. The van der Waals surface area contributed by atoms with Gasteiger partial charge in [-0.15, -0.1) is 0 Å². The zero-order valence-electron chi connectivity index (χ0n) is 11.5. The second kappa shape index (κ2) is 6.92. The number of aldehydes is 1. The van der Waals surface area contributed by atoms with Crippen molar-refractivity contribution in [2.45, 2.75) is 6.61 Å². The van der Waals surface area contributed by atoms with E-state index in [-0.39, 0.29) is 12.1 Å². The molecule has 0 aliphatic rings. The Balaban J connectivity index is 2.13. The predicted molar refractivity (Wildman–Crippen MR) is 79.0 cm³/mol. The number of rotatable bonds is 6. The second-order valence-corrected chi connectivity index (χ2v) is 4.43. The Hall–Kier alpha value is -2.31. The lowest BCUT2D eigenvalue weighted by Gasteiger charge is -2.11. The number of hydrogen-bond acceptors (Lipinski definition) is 5. The topological polar surface area (TPSA) is 76.0 Å². The molecule has 6 heteroatoms. The monoisotopic (exact) mass is 286 g/mol. The van der Waals surface area contributed by atoms with Crippen LogP contribution in [-0.2, 0) is 6.61 Å². The van der Waals surface area contributed by atoms with Gasteiger partial charge in [0.15, 0.2) is 6.29 Å². The summed E-state index contributed by atoms with van der Waals surface area (Å²) in [7, 11) is -0.0119. The maximum Gasteiger partial charge on any atom is 0.488 e. The minimum Gasteiger partial charge on any atom is -0.497 e. The molecule has 2 aromatic rings. The van der Waals surface area contributed by atoms with Crippen molar-refractivity contribution >= 4 is 18.9 Å². The first kappa shape index (κ1) is 15.1. The van der Waals surface area contributed by atoms with Crippen LogP contribution in [0.25, 0.3) is 0 Å². The van der Waals surface area contributed by atoms with Crippen molar-refractivity contribution in [2.24, 2.45) is 0 Å². The normalized spacial score (nSPS) is 10.0. The molecule has 2 aromatic carbocycles. The molecule has 0 atom stereocenters. The van der Waals surface area contributed by atoms with Crippen molar-refractivity contribution in [2.75, 3.05) is 7.11 Å². The lowest BCUT2D eigenvalue weighted by atomic mass is 9.80. The molecule has 0 saturated carbocycles. The lowest BCUT2D eigenvalue weighted by Crippen LogP contribution is -2.29. The van der Waals surface area contributed by atoms with E-state index in [1.54, 1.807) is 7.11 Å². The summed E-state index contributed by atoms with van der Waals surface area (Å²) >= 11 is 0. The summed E-state index contributed by atoms with van der Waals surface area (Å²) in [4.78, 5) is 11.0. The first-order valence-electron chi connectivity index (χ1n) is 6.35. The molecule has 2 rings (SSSR count). The minimum atomic E-state index is -1.60. The fourth-order valence-corrected chi connectivity index (χ4v) is 1.82. The Morgan fingerprint density at radius 1 is 1.14 bits per heavy atom. The number of ether oxygens (including phenoxy) is 2. The molecule has 0 spiro atoms. The molecule has 0 aliphatic heterocycles. The van der Waals surface area contributed by atoms with Crippen LogP contribution in [0.4, 0.5) is 0 Å². The van der Waals surface area contributed by atoms with Gasteiger partial charge in [0.2, 0.25) is 0 Å². The summed E-state index contributed by atoms with van der Waals surface area (Å²) in [6.07, 6.45) is 0.664. The third kappa shape index (κ3) is 3.84. The van der Waals surface area contributed by atoms with Crippen LogP contribution in [-0.4, -0.2) is 30.6 Å². The summed E-state index contributed by atoms with van der Waals surface area (Å²) in [6.45, 7) is 0.260. The molecule has 0 saturated heterocycles. The van der Waals surface area contributed by atoms with E-state index in [2.05, 4.69) is 0 Å². The van der Waals surface area contributed by atoms with Crippen molar-refractivity contribution in [3.8, 4) is 11.5 Å². The molecule has 0 aromatic heterocycles. The molecule has 0 aliphatic carbocycles. The highest BCUT2D eigenvalue weighted by atomic mass is 16.5. The minimum absolute atomic E-state index is 0.260. The number of carbonyl (C=O) groups excluding carboxylic acids is 1. The van der Waals surface area contributed by atoms with Crippen molar-refractivity contribution < 1.29 is 24.3 Å². The summed E-state index contributed by atoms with van der Waals surface area (Å²) < 4.78 is 10.7. The van der Waals surface area contributed by atoms with E-state index >= 15 is 0 Å². The van der Waals surface area contributed by atoms with Gasteiger partial charge in [-0.2, -0.15) is 0 Å². The van der Waals surface area contributed by atoms with E-state index in [1.165, 1.54) is 18.2 Å². The number of carbonyl (C=O) groups is 1. The first-order chi connectivity index (χ1) is 10.1. The Morgan fingerprint density at radius 3 is 2.43 bits per heavy atom. The molecular formula is C15H15BO5. The summed E-state index contributed by atoms with van der Waals surface area (Å²) in [6, 6.07) is 11.7. The Bertz CT molecular complexity index is 610. The highest BCUT2D eigenvalue weighted by Crippen LogP contribution is 2.18. The number of methoxy groups -OCH3 is 1. The van der Waals surface area contributed by atoms with Gasteiger partial charge in [-0.1, -0.05) is 18.2 Å². The molecule has 21 heavy (non-hydrogen) atoms. The fourth-order valence-electron chi connectivity index (χ4n) is 1.82. The largest absolute Gasteiger partial charge is 0.497 e. The SMILES string of the molecule is COc1ccc(COc2cc(B(O)O)ccc2C=O)cc1. The zero-order valence-corrected chi connectivity index (χ0v) is 11.5. The molecule has 0 heterocycles. The van der Waals surface area contributed by atoms with E-state index in [0.717, 1.165) is 11.3 Å². The maximum absolute atomic E-state index is 11.0. The first-order valence-corrected chi connectivity index (χ1v) is 6.35. The summed E-state index contributed by atoms with van der Waals surface area (Å²) in [5.74, 6) is 1.06. The molecule has 108 valence electrons. The second-order valence-electron chi connectivity index (χ2n) is 4.43. The number of hydrogen-bond donors (Lipinski definition) is 2. The van der Waals surface area contributed by atoms with Crippen molar-refractivity contribution in [3.05, 3.63) is 53.6 Å². The average Bonchev–Trinajstić information content (AvgIpc) is 2.53. The highest BCUT2D eigenvalue weighted by molar-refractivity contribution is 6.58. The van der Waals surface area contributed by atoms with Crippen LogP contribution in [0.2, 0.25) is 0 Å². The fraction of sp³-hybridized carbons (Fsp3) is 0.133. The van der Waals surface area contributed by atoms with Gasteiger partial charge in [0.25, 0.3) is 0 Å². The van der Waals surface area contributed by atoms with Crippen LogP contribution >= 0.6 is 0 Å². The summed E-state index contributed by atoms with van der Waals surface area (Å²) in [5, 5.41) is 18.3. The van der Waals surface area contributed by atoms with Crippen molar-refractivity contribution in [1.29, 1.82) is 0 Å². The van der Waals surface area contributed by atoms with Gasteiger partial charge in [-0.25, -0.2) is 0 Å². The van der Waals surface area contributed by atoms with Crippen LogP contribution in [0.3, 0.4) is 0 Å². The van der Waals surface area contributed by atoms with Crippen LogP contribution < -0.4 is 14.9 Å². The van der Waals surface area contributed by atoms with Crippen LogP contribution in [0, 0.1) is 0 Å². The molecule has 0 bridgehead atoms. The van der Waals surface area contributed by atoms with Crippen molar-refractivity contribution in [1.82, 2.24) is 0 Å². The lowest BCUT2D eigenvalue weighted by molar-refractivity contribution is 0.111.